The molecule has 7 heteroatoms. The normalized spacial score (nSPS) is 23.0. The molecule has 0 bridgehead atoms. The van der Waals surface area contributed by atoms with Crippen molar-refractivity contribution in [1.29, 1.82) is 0 Å². The number of carbonyl (C=O) groups is 2. The number of aromatic nitrogens is 1. The number of benzene rings is 1. The van der Waals surface area contributed by atoms with Crippen molar-refractivity contribution >= 4 is 22.9 Å². The monoisotopic (exact) mass is 371 g/mol. The molecule has 1 spiro atoms. The van der Waals surface area contributed by atoms with Gasteiger partial charge in [0, 0.05) is 45.8 Å². The van der Waals surface area contributed by atoms with Crippen LogP contribution in [0, 0.1) is 12.3 Å². The number of hydrogen-bond acceptors (Lipinski definition) is 5. The van der Waals surface area contributed by atoms with Crippen molar-refractivity contribution in [3.63, 3.8) is 0 Å². The highest BCUT2D eigenvalue weighted by Crippen LogP contribution is 2.40. The average molecular weight is 371 g/mol. The van der Waals surface area contributed by atoms with Gasteiger partial charge in [-0.1, -0.05) is 0 Å². The molecule has 1 aromatic carbocycles. The van der Waals surface area contributed by atoms with Crippen LogP contribution < -0.4 is 0 Å². The lowest BCUT2D eigenvalue weighted by atomic mass is 9.78. The van der Waals surface area contributed by atoms with E-state index in [0.29, 0.717) is 43.3 Å². The highest BCUT2D eigenvalue weighted by molar-refractivity contribution is 5.98. The lowest BCUT2D eigenvalue weighted by Crippen LogP contribution is -2.51. The van der Waals surface area contributed by atoms with Crippen molar-refractivity contribution in [2.45, 2.75) is 26.2 Å². The average Bonchev–Trinajstić information content (AvgIpc) is 3.25. The minimum absolute atomic E-state index is 0.0513. The van der Waals surface area contributed by atoms with Crippen molar-refractivity contribution in [2.75, 3.05) is 39.9 Å². The fourth-order valence-corrected chi connectivity index (χ4v) is 4.35. The molecule has 2 aliphatic rings. The third-order valence-corrected chi connectivity index (χ3v) is 5.77. The number of ether oxygens (including phenoxy) is 1. The van der Waals surface area contributed by atoms with E-state index in [1.807, 2.05) is 15.9 Å². The lowest BCUT2D eigenvalue weighted by molar-refractivity contribution is -0.146. The molecule has 3 heterocycles. The molecular formula is C20H25N3O4. The van der Waals surface area contributed by atoms with Crippen molar-refractivity contribution in [1.82, 2.24) is 14.8 Å². The summed E-state index contributed by atoms with van der Waals surface area (Å²) < 4.78 is 10.7. The number of oxazole rings is 1. The van der Waals surface area contributed by atoms with Gasteiger partial charge in [0.15, 0.2) is 11.5 Å². The zero-order valence-corrected chi connectivity index (χ0v) is 15.9. The van der Waals surface area contributed by atoms with Crippen LogP contribution in [0.1, 0.15) is 35.5 Å². The van der Waals surface area contributed by atoms with E-state index in [0.717, 1.165) is 31.3 Å². The number of amides is 2. The number of hydrogen-bond donors (Lipinski definition) is 0. The molecule has 0 radical (unpaired) electrons. The van der Waals surface area contributed by atoms with E-state index in [1.54, 1.807) is 26.2 Å². The minimum atomic E-state index is -0.436. The number of carbonyl (C=O) groups excluding carboxylic acids is 2. The molecule has 0 aliphatic carbocycles. The first-order valence-corrected chi connectivity index (χ1v) is 9.47. The Morgan fingerprint density at radius 3 is 3.00 bits per heavy atom. The van der Waals surface area contributed by atoms with Crippen LogP contribution in [-0.2, 0) is 9.53 Å². The SMILES string of the molecule is COCCN1CCC[C@@]2(CCN(C(=O)c3ccc4nc(C)oc4c3)C2)C1=O. The molecular weight excluding hydrogens is 346 g/mol. The fraction of sp³-hybridized carbons (Fsp3) is 0.550. The number of nitrogens with zero attached hydrogens (tertiary/aromatic N) is 3. The summed E-state index contributed by atoms with van der Waals surface area (Å²) in [7, 11) is 1.65. The molecule has 7 nitrogen and oxygen atoms in total. The Kier molecular flexibility index (Phi) is 4.63. The van der Waals surface area contributed by atoms with Gasteiger partial charge in [0.05, 0.1) is 12.0 Å². The Hall–Kier alpha value is -2.41. The number of fused-ring (bicyclic) bond motifs is 1. The molecule has 0 saturated carbocycles. The zero-order chi connectivity index (χ0) is 19.0. The van der Waals surface area contributed by atoms with Gasteiger partial charge in [0.25, 0.3) is 5.91 Å². The second-order valence-electron chi connectivity index (χ2n) is 7.56. The molecule has 2 aliphatic heterocycles. The van der Waals surface area contributed by atoms with E-state index in [9.17, 15) is 9.59 Å². The van der Waals surface area contributed by atoms with E-state index in [-0.39, 0.29) is 11.8 Å². The van der Waals surface area contributed by atoms with Gasteiger partial charge in [-0.15, -0.1) is 0 Å². The van der Waals surface area contributed by atoms with Gasteiger partial charge >= 0.3 is 0 Å². The van der Waals surface area contributed by atoms with Crippen LogP contribution in [0.4, 0.5) is 0 Å². The van der Waals surface area contributed by atoms with Crippen molar-refractivity contribution < 1.29 is 18.7 Å². The highest BCUT2D eigenvalue weighted by Gasteiger charge is 2.49. The molecule has 0 unspecified atom stereocenters. The van der Waals surface area contributed by atoms with E-state index < -0.39 is 5.41 Å². The van der Waals surface area contributed by atoms with Crippen LogP contribution >= 0.6 is 0 Å². The Balaban J connectivity index is 1.50. The molecule has 27 heavy (non-hydrogen) atoms. The summed E-state index contributed by atoms with van der Waals surface area (Å²) in [6.45, 7) is 4.82. The molecule has 2 saturated heterocycles. The summed E-state index contributed by atoms with van der Waals surface area (Å²) in [4.78, 5) is 34.0. The number of aryl methyl sites for hydroxylation is 1. The smallest absolute Gasteiger partial charge is 0.254 e. The second kappa shape index (κ2) is 6.96. The Bertz CT molecular complexity index is 877. The van der Waals surface area contributed by atoms with Crippen LogP contribution in [0.2, 0.25) is 0 Å². The van der Waals surface area contributed by atoms with Crippen LogP contribution in [0.25, 0.3) is 11.1 Å². The fourth-order valence-electron chi connectivity index (χ4n) is 4.35. The molecule has 2 aromatic rings. The maximum atomic E-state index is 13.0. The third kappa shape index (κ3) is 3.20. The van der Waals surface area contributed by atoms with Gasteiger partial charge < -0.3 is 19.0 Å². The van der Waals surface area contributed by atoms with Gasteiger partial charge in [-0.05, 0) is 37.5 Å². The Labute approximate surface area is 158 Å². The predicted molar refractivity (Wildman–Crippen MR) is 99.4 cm³/mol. The maximum Gasteiger partial charge on any atom is 0.254 e. The van der Waals surface area contributed by atoms with Gasteiger partial charge in [0.1, 0.15) is 5.52 Å². The van der Waals surface area contributed by atoms with Crippen LogP contribution in [0.5, 0.6) is 0 Å². The van der Waals surface area contributed by atoms with Crippen LogP contribution in [-0.4, -0.2) is 66.5 Å². The Morgan fingerprint density at radius 1 is 1.33 bits per heavy atom. The van der Waals surface area contributed by atoms with Gasteiger partial charge in [-0.2, -0.15) is 0 Å². The molecule has 1 aromatic heterocycles. The van der Waals surface area contributed by atoms with Crippen LogP contribution in [0.3, 0.4) is 0 Å². The molecule has 2 fully saturated rings. The van der Waals surface area contributed by atoms with E-state index in [4.69, 9.17) is 9.15 Å². The maximum absolute atomic E-state index is 13.0. The summed E-state index contributed by atoms with van der Waals surface area (Å²) in [5.41, 5.74) is 1.51. The molecule has 0 N–H and O–H groups in total. The van der Waals surface area contributed by atoms with Crippen molar-refractivity contribution in [3.8, 4) is 0 Å². The summed E-state index contributed by atoms with van der Waals surface area (Å²) >= 11 is 0. The first kappa shape index (κ1) is 18.0. The van der Waals surface area contributed by atoms with Gasteiger partial charge in [-0.3, -0.25) is 9.59 Å². The molecule has 144 valence electrons. The summed E-state index contributed by atoms with van der Waals surface area (Å²) in [5, 5.41) is 0. The summed E-state index contributed by atoms with van der Waals surface area (Å²) in [5.74, 6) is 0.700. The lowest BCUT2D eigenvalue weighted by Gasteiger charge is -2.39. The second-order valence-corrected chi connectivity index (χ2v) is 7.56. The van der Waals surface area contributed by atoms with E-state index in [1.165, 1.54) is 0 Å². The number of likely N-dealkylation sites (tertiary alicyclic amines) is 2. The number of rotatable bonds is 4. The summed E-state index contributed by atoms with van der Waals surface area (Å²) in [6, 6.07) is 5.34. The molecule has 2 amide bonds. The first-order valence-electron chi connectivity index (χ1n) is 9.47. The zero-order valence-electron chi connectivity index (χ0n) is 15.9. The Morgan fingerprint density at radius 2 is 2.19 bits per heavy atom. The van der Waals surface area contributed by atoms with E-state index in [2.05, 4.69) is 4.98 Å². The van der Waals surface area contributed by atoms with Gasteiger partial charge in [0.2, 0.25) is 5.91 Å². The minimum Gasteiger partial charge on any atom is -0.441 e. The largest absolute Gasteiger partial charge is 0.441 e. The molecule has 4 rings (SSSR count). The standard InChI is InChI=1S/C20H25N3O4/c1-14-21-16-5-4-15(12-17(16)27-14)18(24)23-9-7-20(13-23)6-3-8-22(19(20)25)10-11-26-2/h4-5,12H,3,6-11,13H2,1-2H3/t20-/m0/s1. The van der Waals surface area contributed by atoms with Gasteiger partial charge in [-0.25, -0.2) is 4.98 Å². The number of piperidine rings is 1. The van der Waals surface area contributed by atoms with Crippen LogP contribution in [0.15, 0.2) is 22.6 Å². The highest BCUT2D eigenvalue weighted by atomic mass is 16.5. The number of methoxy groups -OCH3 is 1. The third-order valence-electron chi connectivity index (χ3n) is 5.77. The van der Waals surface area contributed by atoms with Crippen molar-refractivity contribution in [3.05, 3.63) is 29.7 Å². The molecule has 1 atom stereocenters. The van der Waals surface area contributed by atoms with Crippen molar-refractivity contribution in [2.24, 2.45) is 5.41 Å². The predicted octanol–water partition coefficient (Wildman–Crippen LogP) is 2.24. The quantitative estimate of drug-likeness (QED) is 0.824. The summed E-state index contributed by atoms with van der Waals surface area (Å²) in [6.07, 6.45) is 2.55. The first-order chi connectivity index (χ1) is 13.0. The van der Waals surface area contributed by atoms with E-state index >= 15 is 0 Å². The topological polar surface area (TPSA) is 75.9 Å².